The summed E-state index contributed by atoms with van der Waals surface area (Å²) in [7, 11) is 0. The molecule has 0 bridgehead atoms. The molecule has 0 spiro atoms. The van der Waals surface area contributed by atoms with Crippen LogP contribution in [0.25, 0.3) is 10.9 Å². The molecule has 0 fully saturated rings. The Morgan fingerprint density at radius 1 is 1.22 bits per heavy atom. The molecule has 0 unspecified atom stereocenters. The quantitative estimate of drug-likeness (QED) is 0.816. The van der Waals surface area contributed by atoms with E-state index in [1.807, 2.05) is 32.0 Å². The Morgan fingerprint density at radius 2 is 1.94 bits per heavy atom. The fourth-order valence-corrected chi connectivity index (χ4v) is 1.55. The van der Waals surface area contributed by atoms with Gasteiger partial charge in [-0.05, 0) is 18.1 Å². The summed E-state index contributed by atoms with van der Waals surface area (Å²) in [4.78, 5) is 8.43. The van der Waals surface area contributed by atoms with Crippen LogP contribution in [0.2, 0.25) is 0 Å². The van der Waals surface area contributed by atoms with Gasteiger partial charge in [-0.25, -0.2) is 9.97 Å². The first-order valence-corrected chi connectivity index (χ1v) is 6.41. The molecule has 4 nitrogen and oxygen atoms in total. The molecule has 1 aromatic heterocycles. The number of para-hydroxylation sites is 1. The van der Waals surface area contributed by atoms with Crippen LogP contribution in [-0.2, 0) is 0 Å². The number of hydrogen-bond acceptors (Lipinski definition) is 4. The van der Waals surface area contributed by atoms with Crippen LogP contribution in [0, 0.1) is 5.92 Å². The van der Waals surface area contributed by atoms with E-state index in [1.54, 1.807) is 6.33 Å². The van der Waals surface area contributed by atoms with Gasteiger partial charge in [0.1, 0.15) is 12.1 Å². The van der Waals surface area contributed by atoms with Crippen LogP contribution in [0.3, 0.4) is 0 Å². The Morgan fingerprint density at radius 3 is 2.61 bits per heavy atom. The van der Waals surface area contributed by atoms with Gasteiger partial charge in [0.2, 0.25) is 0 Å². The number of benzene rings is 1. The van der Waals surface area contributed by atoms with Crippen molar-refractivity contribution in [3.05, 3.63) is 24.5 Å². The number of aromatic nitrogens is 2. The second-order valence-corrected chi connectivity index (χ2v) is 4.24. The van der Waals surface area contributed by atoms with Crippen LogP contribution >= 0.6 is 0 Å². The zero-order valence-electron chi connectivity index (χ0n) is 11.6. The lowest BCUT2D eigenvalue weighted by Crippen LogP contribution is -2.09. The predicted octanol–water partition coefficient (Wildman–Crippen LogP) is 3.31. The summed E-state index contributed by atoms with van der Waals surface area (Å²) in [6.45, 7) is 9.20. The minimum atomic E-state index is 0.575. The van der Waals surface area contributed by atoms with Crippen LogP contribution in [0.1, 0.15) is 27.7 Å². The van der Waals surface area contributed by atoms with Gasteiger partial charge in [0.05, 0.1) is 11.2 Å². The first kappa shape index (κ1) is 14.2. The van der Waals surface area contributed by atoms with Gasteiger partial charge < -0.3 is 11.1 Å². The van der Waals surface area contributed by atoms with Gasteiger partial charge in [0.25, 0.3) is 0 Å². The van der Waals surface area contributed by atoms with E-state index in [9.17, 15) is 0 Å². The lowest BCUT2D eigenvalue weighted by molar-refractivity contribution is 0.687. The molecular weight excluding hydrogens is 224 g/mol. The highest BCUT2D eigenvalue weighted by Crippen LogP contribution is 2.23. The van der Waals surface area contributed by atoms with Crippen molar-refractivity contribution in [2.24, 2.45) is 5.92 Å². The van der Waals surface area contributed by atoms with Gasteiger partial charge in [0, 0.05) is 11.9 Å². The maximum Gasteiger partial charge on any atom is 0.137 e. The van der Waals surface area contributed by atoms with E-state index in [0.29, 0.717) is 11.6 Å². The Hall–Kier alpha value is -1.84. The molecule has 0 saturated heterocycles. The van der Waals surface area contributed by atoms with Crippen LogP contribution in [0.15, 0.2) is 24.5 Å². The van der Waals surface area contributed by atoms with E-state index in [-0.39, 0.29) is 0 Å². The van der Waals surface area contributed by atoms with Crippen LogP contribution in [0.5, 0.6) is 0 Å². The Balaban J connectivity index is 0.000000771. The summed E-state index contributed by atoms with van der Waals surface area (Å²) in [5.41, 5.74) is 7.36. The topological polar surface area (TPSA) is 63.8 Å². The van der Waals surface area contributed by atoms with Gasteiger partial charge in [-0.15, -0.1) is 0 Å². The van der Waals surface area contributed by atoms with Crippen molar-refractivity contribution in [1.82, 2.24) is 9.97 Å². The molecule has 0 atom stereocenters. The van der Waals surface area contributed by atoms with Crippen molar-refractivity contribution >= 4 is 22.4 Å². The SMILES string of the molecule is CC.CC(C)CNc1ncnc2c(N)cccc12. The summed E-state index contributed by atoms with van der Waals surface area (Å²) in [5, 5.41) is 4.28. The molecule has 1 aromatic carbocycles. The molecule has 0 aliphatic heterocycles. The number of rotatable bonds is 3. The van der Waals surface area contributed by atoms with Gasteiger partial charge in [-0.2, -0.15) is 0 Å². The molecule has 2 rings (SSSR count). The number of fused-ring (bicyclic) bond motifs is 1. The van der Waals surface area contributed by atoms with Gasteiger partial charge in [-0.1, -0.05) is 33.8 Å². The highest BCUT2D eigenvalue weighted by atomic mass is 15.0. The molecule has 2 aromatic rings. The fraction of sp³-hybridized carbons (Fsp3) is 0.429. The zero-order valence-corrected chi connectivity index (χ0v) is 11.6. The summed E-state index contributed by atoms with van der Waals surface area (Å²) < 4.78 is 0. The predicted molar refractivity (Wildman–Crippen MR) is 78.6 cm³/mol. The van der Waals surface area contributed by atoms with Crippen molar-refractivity contribution < 1.29 is 0 Å². The highest BCUT2D eigenvalue weighted by Gasteiger charge is 2.05. The van der Waals surface area contributed by atoms with Crippen molar-refractivity contribution in [1.29, 1.82) is 0 Å². The maximum atomic E-state index is 5.86. The van der Waals surface area contributed by atoms with Crippen molar-refractivity contribution in [3.8, 4) is 0 Å². The third-order valence-corrected chi connectivity index (χ3v) is 2.37. The first-order valence-electron chi connectivity index (χ1n) is 6.41. The maximum absolute atomic E-state index is 5.86. The molecule has 0 radical (unpaired) electrons. The Kier molecular flexibility index (Phi) is 5.36. The van der Waals surface area contributed by atoms with Crippen LogP contribution in [-0.4, -0.2) is 16.5 Å². The highest BCUT2D eigenvalue weighted by molar-refractivity contribution is 5.95. The molecule has 4 heteroatoms. The normalized spacial score (nSPS) is 10.1. The van der Waals surface area contributed by atoms with E-state index in [4.69, 9.17) is 5.73 Å². The van der Waals surface area contributed by atoms with Crippen molar-refractivity contribution in [2.75, 3.05) is 17.6 Å². The number of anilines is 2. The van der Waals surface area contributed by atoms with E-state index >= 15 is 0 Å². The third-order valence-electron chi connectivity index (χ3n) is 2.37. The molecule has 1 heterocycles. The summed E-state index contributed by atoms with van der Waals surface area (Å²) in [6.07, 6.45) is 1.54. The second kappa shape index (κ2) is 6.79. The molecule has 0 amide bonds. The second-order valence-electron chi connectivity index (χ2n) is 4.24. The Labute approximate surface area is 109 Å². The number of nitrogens with two attached hydrogens (primary N) is 1. The summed E-state index contributed by atoms with van der Waals surface area (Å²) in [6, 6.07) is 5.75. The van der Waals surface area contributed by atoms with Crippen molar-refractivity contribution in [2.45, 2.75) is 27.7 Å². The van der Waals surface area contributed by atoms with E-state index < -0.39 is 0 Å². The number of nitrogens with zero attached hydrogens (tertiary/aromatic N) is 2. The molecule has 0 aliphatic carbocycles. The molecule has 98 valence electrons. The fourth-order valence-electron chi connectivity index (χ4n) is 1.55. The number of hydrogen-bond donors (Lipinski definition) is 2. The van der Waals surface area contributed by atoms with Crippen LogP contribution in [0.4, 0.5) is 11.5 Å². The minimum absolute atomic E-state index is 0.575. The minimum Gasteiger partial charge on any atom is -0.397 e. The van der Waals surface area contributed by atoms with E-state index in [0.717, 1.165) is 23.3 Å². The molecule has 0 saturated carbocycles. The third kappa shape index (κ3) is 3.32. The van der Waals surface area contributed by atoms with Gasteiger partial charge in [-0.3, -0.25) is 0 Å². The smallest absolute Gasteiger partial charge is 0.137 e. The van der Waals surface area contributed by atoms with Gasteiger partial charge >= 0.3 is 0 Å². The van der Waals surface area contributed by atoms with E-state index in [2.05, 4.69) is 29.1 Å². The summed E-state index contributed by atoms with van der Waals surface area (Å²) >= 11 is 0. The summed E-state index contributed by atoms with van der Waals surface area (Å²) in [5.74, 6) is 1.43. The van der Waals surface area contributed by atoms with Crippen molar-refractivity contribution in [3.63, 3.8) is 0 Å². The zero-order chi connectivity index (χ0) is 13.5. The van der Waals surface area contributed by atoms with E-state index in [1.165, 1.54) is 0 Å². The molecular formula is C14H22N4. The lowest BCUT2D eigenvalue weighted by Gasteiger charge is -2.10. The monoisotopic (exact) mass is 246 g/mol. The Bertz CT molecular complexity index is 494. The molecule has 0 aliphatic rings. The number of nitrogens with one attached hydrogen (secondary N) is 1. The molecule has 18 heavy (non-hydrogen) atoms. The molecule has 3 N–H and O–H groups in total. The average Bonchev–Trinajstić information content (AvgIpc) is 2.39. The lowest BCUT2D eigenvalue weighted by atomic mass is 10.2. The van der Waals surface area contributed by atoms with Gasteiger partial charge in [0.15, 0.2) is 0 Å². The first-order chi connectivity index (χ1) is 8.68. The average molecular weight is 246 g/mol. The largest absolute Gasteiger partial charge is 0.397 e. The standard InChI is InChI=1S/C12H16N4.C2H6/c1-8(2)6-14-12-9-4-3-5-10(13)11(9)15-7-16-12;1-2/h3-5,7-8H,6,13H2,1-2H3,(H,14,15,16);1-2H3. The van der Waals surface area contributed by atoms with Crippen LogP contribution < -0.4 is 11.1 Å². The number of nitrogen functional groups attached to an aromatic ring is 1.